The summed E-state index contributed by atoms with van der Waals surface area (Å²) in [6.45, 7) is 4.53. The molecule has 6 heteroatoms. The minimum absolute atomic E-state index is 0.00838. The Morgan fingerprint density at radius 1 is 0.971 bits per heavy atom. The van der Waals surface area contributed by atoms with Gasteiger partial charge in [0.15, 0.2) is 6.10 Å². The maximum atomic E-state index is 13.9. The number of esters is 1. The van der Waals surface area contributed by atoms with E-state index >= 15 is 0 Å². The summed E-state index contributed by atoms with van der Waals surface area (Å²) < 4.78 is 7.37. The molecule has 6 rings (SSSR count). The second-order valence-corrected chi connectivity index (χ2v) is 10.8. The zero-order valence-corrected chi connectivity index (χ0v) is 20.7. The van der Waals surface area contributed by atoms with Crippen LogP contribution in [0.5, 0.6) is 0 Å². The maximum Gasteiger partial charge on any atom is 0.317 e. The molecule has 4 heterocycles. The van der Waals surface area contributed by atoms with Crippen LogP contribution < -0.4 is 5.32 Å². The predicted octanol–water partition coefficient (Wildman–Crippen LogP) is 4.26. The van der Waals surface area contributed by atoms with E-state index in [1.165, 1.54) is 12.8 Å². The molecule has 2 aromatic rings. The highest BCUT2D eigenvalue weighted by atomic mass is 16.5. The number of benzene rings is 1. The van der Waals surface area contributed by atoms with Crippen LogP contribution in [0.1, 0.15) is 67.4 Å². The van der Waals surface area contributed by atoms with E-state index in [1.54, 1.807) is 12.3 Å². The Labute approximate surface area is 208 Å². The molecule has 4 fully saturated rings. The highest BCUT2D eigenvalue weighted by molar-refractivity contribution is 5.92. The molecule has 3 saturated heterocycles. The van der Waals surface area contributed by atoms with Crippen molar-refractivity contribution in [3.63, 3.8) is 0 Å². The third kappa shape index (κ3) is 5.13. The van der Waals surface area contributed by atoms with Gasteiger partial charge in [0.1, 0.15) is 12.2 Å². The van der Waals surface area contributed by atoms with Gasteiger partial charge in [0.25, 0.3) is 5.91 Å². The number of hydrogen-bond acceptors (Lipinski definition) is 4. The molecule has 1 aromatic heterocycles. The topological polar surface area (TPSA) is 68.3 Å². The average molecular weight is 477 g/mol. The van der Waals surface area contributed by atoms with Gasteiger partial charge >= 0.3 is 5.97 Å². The number of quaternary nitrogens is 1. The van der Waals surface area contributed by atoms with Crippen LogP contribution in [0.2, 0.25) is 0 Å². The lowest BCUT2D eigenvalue weighted by molar-refractivity contribution is -0.945. The molecule has 0 radical (unpaired) electrons. The minimum atomic E-state index is -0.509. The highest BCUT2D eigenvalue weighted by Crippen LogP contribution is 2.42. The lowest BCUT2D eigenvalue weighted by Gasteiger charge is -2.52. The lowest BCUT2D eigenvalue weighted by Crippen LogP contribution is -2.66. The number of carbonyl (C=O) groups is 2. The Morgan fingerprint density at radius 3 is 2.37 bits per heavy atom. The molecule has 1 saturated carbocycles. The van der Waals surface area contributed by atoms with Gasteiger partial charge < -0.3 is 14.5 Å². The van der Waals surface area contributed by atoms with Crippen LogP contribution in [0, 0.1) is 5.92 Å². The second kappa shape index (κ2) is 10.5. The molecule has 1 atom stereocenters. The number of ether oxygens (including phenoxy) is 1. The van der Waals surface area contributed by atoms with Gasteiger partial charge in [0, 0.05) is 25.0 Å². The predicted molar refractivity (Wildman–Crippen MR) is 135 cm³/mol. The van der Waals surface area contributed by atoms with Crippen molar-refractivity contribution in [1.82, 2.24) is 10.3 Å². The van der Waals surface area contributed by atoms with E-state index in [-0.39, 0.29) is 18.0 Å². The maximum absolute atomic E-state index is 13.9. The van der Waals surface area contributed by atoms with E-state index in [9.17, 15) is 9.59 Å². The van der Waals surface area contributed by atoms with Crippen LogP contribution in [0.25, 0.3) is 0 Å². The van der Waals surface area contributed by atoms with Crippen LogP contribution in [-0.2, 0) is 14.9 Å². The van der Waals surface area contributed by atoms with Gasteiger partial charge in [-0.3, -0.25) is 14.6 Å². The van der Waals surface area contributed by atoms with Gasteiger partial charge in [-0.05, 0) is 30.5 Å². The SMILES string of the molecule is O=C(NCC[N+]12CCC(CC1)[C@@H](OC(=O)C1(c3ccccc3)CCCCCC1)C2)c1ccccn1. The number of rotatable bonds is 7. The lowest BCUT2D eigenvalue weighted by atomic mass is 9.74. The normalized spacial score (nSPS) is 27.5. The third-order valence-electron chi connectivity index (χ3n) is 8.74. The molecule has 4 aliphatic rings. The standard InChI is InChI=1S/C29H37N3O3/c33-27(25-12-6-9-17-30-25)31-18-21-32-19-13-23(14-20-32)26(22-32)35-28(34)29(15-7-1-2-8-16-29)24-10-4-3-5-11-24/h3-6,9-12,17,23,26H,1-2,7-8,13-16,18-22H2/p+1/t23?,26-,32?/m0/s1. The Morgan fingerprint density at radius 2 is 1.69 bits per heavy atom. The fourth-order valence-corrected chi connectivity index (χ4v) is 6.61. The smallest absolute Gasteiger partial charge is 0.317 e. The van der Waals surface area contributed by atoms with E-state index in [4.69, 9.17) is 4.74 Å². The summed E-state index contributed by atoms with van der Waals surface area (Å²) in [6.07, 6.45) is 10.1. The molecule has 2 bridgehead atoms. The Hall–Kier alpha value is -2.73. The summed E-state index contributed by atoms with van der Waals surface area (Å²) in [5.74, 6) is 0.323. The first-order chi connectivity index (χ1) is 17.1. The number of amides is 1. The van der Waals surface area contributed by atoms with E-state index < -0.39 is 5.41 Å². The molecular formula is C29H38N3O3+. The van der Waals surface area contributed by atoms with Crippen molar-refractivity contribution in [2.75, 3.05) is 32.7 Å². The summed E-state index contributed by atoms with van der Waals surface area (Å²) in [4.78, 5) is 30.5. The Balaban J connectivity index is 1.24. The van der Waals surface area contributed by atoms with Crippen LogP contribution in [0.15, 0.2) is 54.7 Å². The van der Waals surface area contributed by atoms with Crippen LogP contribution in [-0.4, -0.2) is 60.2 Å². The monoisotopic (exact) mass is 476 g/mol. The highest BCUT2D eigenvalue weighted by Gasteiger charge is 2.50. The van der Waals surface area contributed by atoms with Crippen LogP contribution in [0.3, 0.4) is 0 Å². The average Bonchev–Trinajstić information content (AvgIpc) is 3.17. The first-order valence-corrected chi connectivity index (χ1v) is 13.4. The minimum Gasteiger partial charge on any atom is -0.455 e. The largest absolute Gasteiger partial charge is 0.455 e. The molecule has 186 valence electrons. The molecule has 1 amide bonds. The molecule has 1 N–H and O–H groups in total. The van der Waals surface area contributed by atoms with Gasteiger partial charge in [0.05, 0.1) is 31.6 Å². The van der Waals surface area contributed by atoms with Gasteiger partial charge in [0.2, 0.25) is 0 Å². The van der Waals surface area contributed by atoms with Gasteiger partial charge in [-0.15, -0.1) is 0 Å². The number of nitrogens with one attached hydrogen (secondary N) is 1. The molecule has 6 nitrogen and oxygen atoms in total. The van der Waals surface area contributed by atoms with E-state index in [1.807, 2.05) is 30.3 Å². The summed E-state index contributed by atoms with van der Waals surface area (Å²) in [5.41, 5.74) is 1.06. The first kappa shape index (κ1) is 24.0. The zero-order chi connectivity index (χ0) is 24.1. The number of nitrogens with zero attached hydrogens (tertiary/aromatic N) is 2. The number of carbonyl (C=O) groups excluding carboxylic acids is 2. The summed E-state index contributed by atoms with van der Waals surface area (Å²) in [5, 5.41) is 3.04. The fraction of sp³-hybridized carbons (Fsp3) is 0.552. The van der Waals surface area contributed by atoms with Gasteiger partial charge in [-0.2, -0.15) is 0 Å². The Kier molecular flexibility index (Phi) is 7.19. The van der Waals surface area contributed by atoms with Crippen LogP contribution in [0.4, 0.5) is 0 Å². The number of aromatic nitrogens is 1. The molecule has 1 aromatic carbocycles. The molecular weight excluding hydrogens is 438 g/mol. The van der Waals surface area contributed by atoms with Crippen molar-refractivity contribution in [2.24, 2.45) is 5.92 Å². The molecule has 35 heavy (non-hydrogen) atoms. The summed E-state index contributed by atoms with van der Waals surface area (Å²) in [6, 6.07) is 15.7. The molecule has 0 spiro atoms. The fourth-order valence-electron chi connectivity index (χ4n) is 6.61. The number of hydrogen-bond donors (Lipinski definition) is 1. The van der Waals surface area contributed by atoms with Crippen molar-refractivity contribution >= 4 is 11.9 Å². The number of fused-ring (bicyclic) bond motifs is 3. The zero-order valence-electron chi connectivity index (χ0n) is 20.7. The van der Waals surface area contributed by atoms with E-state index in [0.29, 0.717) is 18.2 Å². The second-order valence-electron chi connectivity index (χ2n) is 10.8. The molecule has 0 unspecified atom stereocenters. The number of piperidine rings is 3. The van der Waals surface area contributed by atoms with Crippen molar-refractivity contribution in [3.8, 4) is 0 Å². The molecule has 1 aliphatic carbocycles. The van der Waals surface area contributed by atoms with Crippen molar-refractivity contribution in [3.05, 3.63) is 66.0 Å². The summed E-state index contributed by atoms with van der Waals surface area (Å²) >= 11 is 0. The van der Waals surface area contributed by atoms with Crippen molar-refractivity contribution in [1.29, 1.82) is 0 Å². The Bertz CT molecular complexity index is 994. The van der Waals surface area contributed by atoms with Gasteiger partial charge in [-0.1, -0.05) is 62.1 Å². The quantitative estimate of drug-likeness (QED) is 0.368. The number of pyridine rings is 1. The van der Waals surface area contributed by atoms with Crippen molar-refractivity contribution in [2.45, 2.75) is 62.9 Å². The van der Waals surface area contributed by atoms with E-state index in [2.05, 4.69) is 22.4 Å². The van der Waals surface area contributed by atoms with Crippen LogP contribution >= 0.6 is 0 Å². The summed E-state index contributed by atoms with van der Waals surface area (Å²) in [7, 11) is 0. The van der Waals surface area contributed by atoms with Crippen molar-refractivity contribution < 1.29 is 18.8 Å². The first-order valence-electron chi connectivity index (χ1n) is 13.4. The van der Waals surface area contributed by atoms with E-state index in [0.717, 1.165) is 74.8 Å². The van der Waals surface area contributed by atoms with Gasteiger partial charge in [-0.25, -0.2) is 0 Å². The molecule has 3 aliphatic heterocycles. The third-order valence-corrected chi connectivity index (χ3v) is 8.74.